The molecule has 1 atom stereocenters. The third kappa shape index (κ3) is 4.89. The van der Waals surface area contributed by atoms with Crippen LogP contribution in [-0.4, -0.2) is 36.2 Å². The highest BCUT2D eigenvalue weighted by Gasteiger charge is 2.21. The molecule has 0 fully saturated rings. The predicted octanol–water partition coefficient (Wildman–Crippen LogP) is 4.77. The number of fused-ring (bicyclic) bond motifs is 2. The van der Waals surface area contributed by atoms with Crippen LogP contribution in [0.3, 0.4) is 0 Å². The summed E-state index contributed by atoms with van der Waals surface area (Å²) in [6, 6.07) is 17.3. The van der Waals surface area contributed by atoms with Crippen molar-refractivity contribution in [3.63, 3.8) is 0 Å². The number of anilines is 1. The van der Waals surface area contributed by atoms with Crippen LogP contribution in [0.5, 0.6) is 5.75 Å². The van der Waals surface area contributed by atoms with Crippen LogP contribution in [0.1, 0.15) is 24.4 Å². The van der Waals surface area contributed by atoms with E-state index in [-0.39, 0.29) is 11.0 Å². The summed E-state index contributed by atoms with van der Waals surface area (Å²) in [5, 5.41) is 4.25. The Balaban J connectivity index is 1.45. The van der Waals surface area contributed by atoms with Crippen molar-refractivity contribution >= 4 is 39.4 Å². The average Bonchev–Trinajstić information content (AvgIpc) is 2.99. The van der Waals surface area contributed by atoms with Crippen LogP contribution < -0.4 is 21.0 Å². The van der Waals surface area contributed by atoms with Crippen molar-refractivity contribution in [2.75, 3.05) is 12.4 Å². The van der Waals surface area contributed by atoms with Crippen LogP contribution in [-0.2, 0) is 6.54 Å². The maximum atomic E-state index is 13.7. The highest BCUT2D eigenvalue weighted by molar-refractivity contribution is 6.35. The summed E-state index contributed by atoms with van der Waals surface area (Å²) in [6.45, 7) is 2.33. The maximum Gasteiger partial charge on any atom is 0.267 e. The minimum absolute atomic E-state index is 0.232. The van der Waals surface area contributed by atoms with E-state index in [1.165, 1.54) is 17.0 Å². The fraction of sp³-hybridized carbons (Fsp3) is 0.133. The Morgan fingerprint density at radius 2 is 1.83 bits per heavy atom. The van der Waals surface area contributed by atoms with Crippen LogP contribution in [0.25, 0.3) is 27.6 Å². The second-order valence-corrected chi connectivity index (χ2v) is 9.81. The number of aromatic nitrogens is 6. The first-order valence-electron chi connectivity index (χ1n) is 12.8. The van der Waals surface area contributed by atoms with E-state index in [1.54, 1.807) is 56.0 Å². The van der Waals surface area contributed by atoms with Crippen molar-refractivity contribution in [3.05, 3.63) is 123 Å². The number of hydrogen-bond acceptors (Lipinski definition) is 8. The summed E-state index contributed by atoms with van der Waals surface area (Å²) in [5.74, 6) is 1.49. The smallest absolute Gasteiger partial charge is 0.267 e. The van der Waals surface area contributed by atoms with Gasteiger partial charge in [0.05, 0.1) is 41.0 Å². The Bertz CT molecular complexity index is 2010. The van der Waals surface area contributed by atoms with Gasteiger partial charge in [-0.05, 0) is 48.9 Å². The quantitative estimate of drug-likeness (QED) is 0.294. The monoisotopic (exact) mass is 565 g/mol. The molecule has 0 bridgehead atoms. The van der Waals surface area contributed by atoms with Crippen molar-refractivity contribution in [1.82, 2.24) is 29.1 Å². The molecule has 0 radical (unpaired) electrons. The van der Waals surface area contributed by atoms with Gasteiger partial charge in [0.15, 0.2) is 5.43 Å². The van der Waals surface area contributed by atoms with Gasteiger partial charge >= 0.3 is 0 Å². The molecule has 1 unspecified atom stereocenters. The van der Waals surface area contributed by atoms with Gasteiger partial charge in [-0.2, -0.15) is 0 Å². The van der Waals surface area contributed by atoms with Gasteiger partial charge in [-0.25, -0.2) is 15.0 Å². The maximum absolute atomic E-state index is 13.7. The summed E-state index contributed by atoms with van der Waals surface area (Å²) >= 11 is 6.41. The summed E-state index contributed by atoms with van der Waals surface area (Å²) in [6.07, 6.45) is 6.33. The standard InChI is InChI=1S/C30H24ClN7O3/c1-18(28-36-23-7-3-6-22(31)25(23)30(40)38(28)20-5-4-13-32-15-20)35-27-26-24(39)12-14-37(29(26)34-17-33-27)16-19-8-10-21(41-2)11-9-19/h3-15,17-18H,16H2,1-2H3,(H,33,34,35). The lowest BCUT2D eigenvalue weighted by atomic mass is 10.2. The molecule has 2 aromatic carbocycles. The van der Waals surface area contributed by atoms with E-state index in [4.69, 9.17) is 21.3 Å². The van der Waals surface area contributed by atoms with E-state index in [2.05, 4.69) is 20.3 Å². The van der Waals surface area contributed by atoms with Crippen LogP contribution in [0.4, 0.5) is 5.82 Å². The molecule has 0 spiro atoms. The van der Waals surface area contributed by atoms with E-state index in [9.17, 15) is 9.59 Å². The molecule has 41 heavy (non-hydrogen) atoms. The topological polar surface area (TPSA) is 117 Å². The highest BCUT2D eigenvalue weighted by Crippen LogP contribution is 2.26. The minimum atomic E-state index is -0.556. The Morgan fingerprint density at radius 1 is 1.00 bits per heavy atom. The predicted molar refractivity (Wildman–Crippen MR) is 158 cm³/mol. The molecule has 11 heteroatoms. The zero-order valence-corrected chi connectivity index (χ0v) is 22.9. The molecule has 6 rings (SSSR count). The van der Waals surface area contributed by atoms with Gasteiger partial charge in [0.2, 0.25) is 0 Å². The number of rotatable bonds is 7. The second kappa shape index (κ2) is 10.8. The van der Waals surface area contributed by atoms with E-state index in [0.717, 1.165) is 11.3 Å². The molecule has 0 amide bonds. The Kier molecular flexibility index (Phi) is 6.90. The lowest BCUT2D eigenvalue weighted by molar-refractivity contribution is 0.414. The van der Waals surface area contributed by atoms with E-state index >= 15 is 0 Å². The Labute approximate surface area is 238 Å². The summed E-state index contributed by atoms with van der Waals surface area (Å²) in [4.78, 5) is 44.7. The highest BCUT2D eigenvalue weighted by atomic mass is 35.5. The van der Waals surface area contributed by atoms with Gasteiger partial charge in [-0.1, -0.05) is 29.8 Å². The summed E-state index contributed by atoms with van der Waals surface area (Å²) < 4.78 is 8.62. The molecule has 1 N–H and O–H groups in total. The third-order valence-corrected chi connectivity index (χ3v) is 7.10. The molecule has 10 nitrogen and oxygen atoms in total. The number of pyridine rings is 2. The molecular formula is C30H24ClN7O3. The van der Waals surface area contributed by atoms with Crippen LogP contribution in [0, 0.1) is 0 Å². The minimum Gasteiger partial charge on any atom is -0.497 e. The molecule has 0 aliphatic rings. The molecular weight excluding hydrogens is 542 g/mol. The van der Waals surface area contributed by atoms with Crippen molar-refractivity contribution in [2.24, 2.45) is 0 Å². The lowest BCUT2D eigenvalue weighted by Gasteiger charge is -2.21. The molecule has 0 saturated carbocycles. The first-order chi connectivity index (χ1) is 19.9. The zero-order valence-electron chi connectivity index (χ0n) is 22.2. The number of ether oxygens (including phenoxy) is 1. The zero-order chi connectivity index (χ0) is 28.5. The molecule has 0 aliphatic heterocycles. The van der Waals surface area contributed by atoms with Gasteiger partial charge in [0, 0.05) is 25.0 Å². The number of halogens is 1. The lowest BCUT2D eigenvalue weighted by Crippen LogP contribution is -2.28. The SMILES string of the molecule is COc1ccc(Cn2ccc(=O)c3c(NC(C)c4nc5cccc(Cl)c5c(=O)n4-c4cccnc4)ncnc32)cc1. The Hall–Kier alpha value is -5.09. The molecule has 6 aromatic rings. The normalized spacial score (nSPS) is 12.0. The van der Waals surface area contributed by atoms with Gasteiger partial charge in [0.1, 0.15) is 34.8 Å². The number of benzene rings is 2. The molecule has 0 saturated heterocycles. The fourth-order valence-electron chi connectivity index (χ4n) is 4.80. The average molecular weight is 566 g/mol. The molecule has 204 valence electrons. The first-order valence-corrected chi connectivity index (χ1v) is 13.2. The van der Waals surface area contributed by atoms with Gasteiger partial charge in [-0.3, -0.25) is 19.1 Å². The first kappa shape index (κ1) is 26.1. The third-order valence-electron chi connectivity index (χ3n) is 6.78. The number of nitrogens with one attached hydrogen (secondary N) is 1. The van der Waals surface area contributed by atoms with Crippen molar-refractivity contribution in [3.8, 4) is 11.4 Å². The Morgan fingerprint density at radius 3 is 2.59 bits per heavy atom. The summed E-state index contributed by atoms with van der Waals surface area (Å²) in [5.41, 5.74) is 1.92. The van der Waals surface area contributed by atoms with Crippen LogP contribution in [0.15, 0.2) is 95.2 Å². The number of nitrogens with zero attached hydrogens (tertiary/aromatic N) is 6. The van der Waals surface area contributed by atoms with Crippen molar-refractivity contribution in [1.29, 1.82) is 0 Å². The number of methoxy groups -OCH3 is 1. The van der Waals surface area contributed by atoms with Crippen molar-refractivity contribution in [2.45, 2.75) is 19.5 Å². The second-order valence-electron chi connectivity index (χ2n) is 9.40. The largest absolute Gasteiger partial charge is 0.497 e. The van der Waals surface area contributed by atoms with Gasteiger partial charge < -0.3 is 14.6 Å². The number of hydrogen-bond donors (Lipinski definition) is 1. The van der Waals surface area contributed by atoms with E-state index in [0.29, 0.717) is 50.8 Å². The van der Waals surface area contributed by atoms with Crippen LogP contribution >= 0.6 is 11.6 Å². The van der Waals surface area contributed by atoms with Crippen LogP contribution in [0.2, 0.25) is 5.02 Å². The molecule has 0 aliphatic carbocycles. The fourth-order valence-corrected chi connectivity index (χ4v) is 5.05. The summed E-state index contributed by atoms with van der Waals surface area (Å²) in [7, 11) is 1.62. The van der Waals surface area contributed by atoms with Gasteiger partial charge in [0.25, 0.3) is 5.56 Å². The van der Waals surface area contributed by atoms with E-state index in [1.807, 2.05) is 35.8 Å². The molecule has 4 heterocycles. The van der Waals surface area contributed by atoms with Gasteiger partial charge in [-0.15, -0.1) is 0 Å². The van der Waals surface area contributed by atoms with E-state index < -0.39 is 6.04 Å². The molecule has 4 aromatic heterocycles. The van der Waals surface area contributed by atoms with Crippen molar-refractivity contribution < 1.29 is 4.74 Å².